The van der Waals surface area contributed by atoms with Crippen molar-refractivity contribution in [3.8, 4) is 0 Å². The molecule has 0 bridgehead atoms. The lowest BCUT2D eigenvalue weighted by molar-refractivity contribution is 0.746. The van der Waals surface area contributed by atoms with Crippen LogP contribution in [0.5, 0.6) is 0 Å². The highest BCUT2D eigenvalue weighted by Gasteiger charge is 2.08. The lowest BCUT2D eigenvalue weighted by Crippen LogP contribution is -2.05. The number of benzene rings is 1. The van der Waals surface area contributed by atoms with Crippen LogP contribution in [0.1, 0.15) is 12.7 Å². The first-order valence-electron chi connectivity index (χ1n) is 5.48. The molecule has 1 aromatic heterocycles. The zero-order valence-corrected chi connectivity index (χ0v) is 10.4. The molecule has 1 heterocycles. The molecule has 16 heavy (non-hydrogen) atoms. The van der Waals surface area contributed by atoms with Crippen molar-refractivity contribution in [1.82, 2.24) is 9.55 Å². The second-order valence-corrected chi connectivity index (χ2v) is 4.18. The molecule has 84 valence electrons. The van der Waals surface area contributed by atoms with E-state index in [9.17, 15) is 0 Å². The predicted molar refractivity (Wildman–Crippen MR) is 72.1 cm³/mol. The van der Waals surface area contributed by atoms with E-state index in [0.29, 0.717) is 0 Å². The fourth-order valence-electron chi connectivity index (χ4n) is 1.85. The maximum Gasteiger partial charge on any atom is 0.109 e. The monoisotopic (exact) mass is 232 g/mol. The summed E-state index contributed by atoms with van der Waals surface area (Å²) in [5.74, 6) is 1.83. The highest BCUT2D eigenvalue weighted by atomic mass is 32.1. The number of para-hydroxylation sites is 2. The SMILES string of the molecule is C=C(CS)Cn1c(CC)nc2ccccc21. The smallest absolute Gasteiger partial charge is 0.109 e. The van der Waals surface area contributed by atoms with Crippen LogP contribution in [0.2, 0.25) is 0 Å². The Labute approximate surface area is 101 Å². The molecule has 0 aliphatic carbocycles. The topological polar surface area (TPSA) is 17.8 Å². The Morgan fingerprint density at radius 3 is 2.88 bits per heavy atom. The van der Waals surface area contributed by atoms with Gasteiger partial charge in [0.15, 0.2) is 0 Å². The van der Waals surface area contributed by atoms with Crippen LogP contribution >= 0.6 is 12.6 Å². The van der Waals surface area contributed by atoms with Crippen LogP contribution in [0, 0.1) is 0 Å². The van der Waals surface area contributed by atoms with Gasteiger partial charge in [-0.2, -0.15) is 12.6 Å². The molecule has 2 nitrogen and oxygen atoms in total. The number of aryl methyl sites for hydroxylation is 1. The molecular weight excluding hydrogens is 216 g/mol. The van der Waals surface area contributed by atoms with Crippen LogP contribution in [0.3, 0.4) is 0 Å². The molecule has 0 amide bonds. The van der Waals surface area contributed by atoms with Crippen molar-refractivity contribution in [2.24, 2.45) is 0 Å². The quantitative estimate of drug-likeness (QED) is 0.633. The van der Waals surface area contributed by atoms with E-state index in [-0.39, 0.29) is 0 Å². The molecule has 0 unspecified atom stereocenters. The van der Waals surface area contributed by atoms with Gasteiger partial charge in [0.25, 0.3) is 0 Å². The molecule has 0 spiro atoms. The summed E-state index contributed by atoms with van der Waals surface area (Å²) in [6.07, 6.45) is 0.939. The van der Waals surface area contributed by atoms with Crippen molar-refractivity contribution in [3.63, 3.8) is 0 Å². The van der Waals surface area contributed by atoms with Crippen LogP contribution < -0.4 is 0 Å². The third-order valence-electron chi connectivity index (χ3n) is 2.66. The van der Waals surface area contributed by atoms with Crippen LogP contribution in [-0.4, -0.2) is 15.3 Å². The second kappa shape index (κ2) is 4.74. The van der Waals surface area contributed by atoms with Gasteiger partial charge in [-0.1, -0.05) is 25.6 Å². The van der Waals surface area contributed by atoms with Gasteiger partial charge < -0.3 is 4.57 Å². The van der Waals surface area contributed by atoms with Crippen molar-refractivity contribution in [2.75, 3.05) is 5.75 Å². The average molecular weight is 232 g/mol. The summed E-state index contributed by atoms with van der Waals surface area (Å²) in [7, 11) is 0. The molecule has 0 saturated carbocycles. The largest absolute Gasteiger partial charge is 0.324 e. The molecule has 0 atom stereocenters. The van der Waals surface area contributed by atoms with Crippen LogP contribution in [-0.2, 0) is 13.0 Å². The normalized spacial score (nSPS) is 10.9. The molecule has 0 fully saturated rings. The van der Waals surface area contributed by atoms with Crippen molar-refractivity contribution >= 4 is 23.7 Å². The van der Waals surface area contributed by atoms with Gasteiger partial charge in [-0.3, -0.25) is 0 Å². The van der Waals surface area contributed by atoms with Gasteiger partial charge in [0.1, 0.15) is 5.82 Å². The van der Waals surface area contributed by atoms with Crippen LogP contribution in [0.4, 0.5) is 0 Å². The number of hydrogen-bond acceptors (Lipinski definition) is 2. The van der Waals surface area contributed by atoms with E-state index in [1.54, 1.807) is 0 Å². The lowest BCUT2D eigenvalue weighted by atomic mass is 10.3. The summed E-state index contributed by atoms with van der Waals surface area (Å²) in [5, 5.41) is 0. The second-order valence-electron chi connectivity index (χ2n) is 3.86. The Balaban J connectivity index is 2.51. The highest BCUT2D eigenvalue weighted by Crippen LogP contribution is 2.17. The minimum absolute atomic E-state index is 0.718. The molecule has 0 N–H and O–H groups in total. The van der Waals surface area contributed by atoms with Crippen LogP contribution in [0.25, 0.3) is 11.0 Å². The maximum absolute atomic E-state index is 4.62. The van der Waals surface area contributed by atoms with Gasteiger partial charge in [-0.25, -0.2) is 4.98 Å². The number of aromatic nitrogens is 2. The van der Waals surface area contributed by atoms with E-state index in [2.05, 4.69) is 47.8 Å². The van der Waals surface area contributed by atoms with Crippen molar-refractivity contribution in [2.45, 2.75) is 19.9 Å². The Hall–Kier alpha value is -1.22. The van der Waals surface area contributed by atoms with Gasteiger partial charge in [0.2, 0.25) is 0 Å². The zero-order valence-electron chi connectivity index (χ0n) is 9.48. The first kappa shape index (κ1) is 11.3. The van der Waals surface area contributed by atoms with Gasteiger partial charge in [-0.05, 0) is 17.7 Å². The number of fused-ring (bicyclic) bond motifs is 1. The molecule has 2 aromatic rings. The van der Waals surface area contributed by atoms with Crippen molar-refractivity contribution in [1.29, 1.82) is 0 Å². The Morgan fingerprint density at radius 1 is 1.44 bits per heavy atom. The summed E-state index contributed by atoms with van der Waals surface area (Å²) in [4.78, 5) is 4.62. The lowest BCUT2D eigenvalue weighted by Gasteiger charge is -2.08. The summed E-state index contributed by atoms with van der Waals surface area (Å²) in [5.41, 5.74) is 3.36. The number of nitrogens with zero attached hydrogens (tertiary/aromatic N) is 2. The molecule has 0 aliphatic rings. The van der Waals surface area contributed by atoms with E-state index < -0.39 is 0 Å². The highest BCUT2D eigenvalue weighted by molar-refractivity contribution is 7.80. The number of hydrogen-bond donors (Lipinski definition) is 1. The third kappa shape index (κ3) is 2.00. The fourth-order valence-corrected chi connectivity index (χ4v) is 1.95. The third-order valence-corrected chi connectivity index (χ3v) is 3.10. The summed E-state index contributed by atoms with van der Waals surface area (Å²) in [6, 6.07) is 8.22. The number of rotatable bonds is 4. The molecule has 1 aromatic carbocycles. The first-order valence-corrected chi connectivity index (χ1v) is 6.11. The van der Waals surface area contributed by atoms with E-state index >= 15 is 0 Å². The number of imidazole rings is 1. The standard InChI is InChI=1S/C13H16N2S/c1-3-13-14-11-6-4-5-7-12(11)15(13)8-10(2)9-16/h4-7,16H,2-3,8-9H2,1H3. The van der Waals surface area contributed by atoms with E-state index in [1.807, 2.05) is 12.1 Å². The fraction of sp³-hybridized carbons (Fsp3) is 0.308. The minimum Gasteiger partial charge on any atom is -0.324 e. The van der Waals surface area contributed by atoms with Crippen LogP contribution in [0.15, 0.2) is 36.4 Å². The van der Waals surface area contributed by atoms with E-state index in [0.717, 1.165) is 35.6 Å². The Bertz CT molecular complexity index is 514. The first-order chi connectivity index (χ1) is 7.76. The molecule has 3 heteroatoms. The van der Waals surface area contributed by atoms with Crippen molar-refractivity contribution < 1.29 is 0 Å². The van der Waals surface area contributed by atoms with Gasteiger partial charge in [0.05, 0.1) is 11.0 Å². The molecule has 0 aliphatic heterocycles. The van der Waals surface area contributed by atoms with Crippen molar-refractivity contribution in [3.05, 3.63) is 42.2 Å². The predicted octanol–water partition coefficient (Wildman–Crippen LogP) is 3.08. The van der Waals surface area contributed by atoms with E-state index in [1.165, 1.54) is 5.52 Å². The minimum atomic E-state index is 0.718. The van der Waals surface area contributed by atoms with Gasteiger partial charge >= 0.3 is 0 Å². The average Bonchev–Trinajstić information content (AvgIpc) is 2.67. The molecule has 0 saturated heterocycles. The Kier molecular flexibility index (Phi) is 3.34. The van der Waals surface area contributed by atoms with Gasteiger partial charge in [0, 0.05) is 18.7 Å². The summed E-state index contributed by atoms with van der Waals surface area (Å²) >= 11 is 4.25. The molecular formula is C13H16N2S. The summed E-state index contributed by atoms with van der Waals surface area (Å²) in [6.45, 7) is 6.94. The molecule has 0 radical (unpaired) electrons. The van der Waals surface area contributed by atoms with Gasteiger partial charge in [-0.15, -0.1) is 0 Å². The van der Waals surface area contributed by atoms with E-state index in [4.69, 9.17) is 0 Å². The Morgan fingerprint density at radius 2 is 2.19 bits per heavy atom. The maximum atomic E-state index is 4.62. The number of thiol groups is 1. The summed E-state index contributed by atoms with van der Waals surface area (Å²) < 4.78 is 2.23. The zero-order chi connectivity index (χ0) is 11.5. The molecule has 2 rings (SSSR count).